The fourth-order valence-electron chi connectivity index (χ4n) is 2.88. The largest absolute Gasteiger partial charge is 0.441 e. The molecule has 2 heterocycles. The second kappa shape index (κ2) is 6.15. The topological polar surface area (TPSA) is 64.5 Å². The van der Waals surface area contributed by atoms with Crippen molar-refractivity contribution >= 4 is 6.09 Å². The van der Waals surface area contributed by atoms with Crippen LogP contribution in [0.4, 0.5) is 18.0 Å². The van der Waals surface area contributed by atoms with Crippen LogP contribution < -0.4 is 4.74 Å². The molecule has 2 aliphatic rings. The third-order valence-electron chi connectivity index (χ3n) is 4.33. The zero-order valence-electron chi connectivity index (χ0n) is 13.5. The molecule has 0 radical (unpaired) electrons. The number of benzene rings is 1. The molecule has 0 N–H and O–H groups in total. The highest BCUT2D eigenvalue weighted by Crippen LogP contribution is 2.44. The van der Waals surface area contributed by atoms with Gasteiger partial charge in [0.2, 0.25) is 0 Å². The lowest BCUT2D eigenvalue weighted by molar-refractivity contribution is -0.0521. The van der Waals surface area contributed by atoms with Gasteiger partial charge in [0.05, 0.1) is 36.9 Å². The molecule has 0 bridgehead atoms. The van der Waals surface area contributed by atoms with Crippen molar-refractivity contribution in [2.75, 3.05) is 6.54 Å². The van der Waals surface area contributed by atoms with Gasteiger partial charge in [-0.05, 0) is 31.0 Å². The molecule has 26 heavy (non-hydrogen) atoms. The quantitative estimate of drug-likeness (QED) is 0.813. The molecule has 0 atom stereocenters. The number of amides is 1. The molecular weight excluding hydrogens is 351 g/mol. The lowest BCUT2D eigenvalue weighted by Crippen LogP contribution is -2.25. The zero-order valence-corrected chi connectivity index (χ0v) is 13.5. The standard InChI is InChI=1S/C17H14F3N3O3/c18-12-2-1-10(5-14(12)25-15(19)20)13-7-21-6-11(22-13)8-23-9-17(3-4-17)26-16(23)24/h1-2,5-7,15H,3-4,8-9H2. The van der Waals surface area contributed by atoms with Crippen molar-refractivity contribution < 1.29 is 27.4 Å². The third-order valence-corrected chi connectivity index (χ3v) is 4.33. The van der Waals surface area contributed by atoms with Gasteiger partial charge in [-0.25, -0.2) is 14.2 Å². The van der Waals surface area contributed by atoms with E-state index in [-0.39, 0.29) is 18.2 Å². The Hall–Kier alpha value is -2.84. The molecule has 1 saturated carbocycles. The summed E-state index contributed by atoms with van der Waals surface area (Å²) < 4.78 is 47.8. The highest BCUT2D eigenvalue weighted by Gasteiger charge is 2.54. The van der Waals surface area contributed by atoms with E-state index in [1.165, 1.54) is 18.5 Å². The smallest absolute Gasteiger partial charge is 0.410 e. The monoisotopic (exact) mass is 365 g/mol. The maximum absolute atomic E-state index is 13.6. The fourth-order valence-corrected chi connectivity index (χ4v) is 2.88. The number of halogens is 3. The number of carbonyl (C=O) groups is 1. The second-order valence-electron chi connectivity index (χ2n) is 6.33. The van der Waals surface area contributed by atoms with Gasteiger partial charge in [0.1, 0.15) is 5.60 Å². The van der Waals surface area contributed by atoms with Crippen LogP contribution in [0.15, 0.2) is 30.6 Å². The number of hydrogen-bond donors (Lipinski definition) is 0. The summed E-state index contributed by atoms with van der Waals surface area (Å²) in [6, 6.07) is 3.56. The van der Waals surface area contributed by atoms with E-state index in [1.54, 1.807) is 4.90 Å². The molecule has 4 rings (SSSR count). The van der Waals surface area contributed by atoms with Crippen LogP contribution >= 0.6 is 0 Å². The molecule has 0 unspecified atom stereocenters. The van der Waals surface area contributed by atoms with Crippen LogP contribution in [0.1, 0.15) is 18.5 Å². The van der Waals surface area contributed by atoms with E-state index in [2.05, 4.69) is 14.7 Å². The Labute approximate surface area is 146 Å². The van der Waals surface area contributed by atoms with E-state index in [1.807, 2.05) is 0 Å². The predicted molar refractivity (Wildman–Crippen MR) is 82.9 cm³/mol. The van der Waals surface area contributed by atoms with Crippen LogP contribution in [0.3, 0.4) is 0 Å². The summed E-state index contributed by atoms with van der Waals surface area (Å²) in [5, 5.41) is 0. The van der Waals surface area contributed by atoms with Gasteiger partial charge in [-0.1, -0.05) is 0 Å². The molecule has 1 amide bonds. The van der Waals surface area contributed by atoms with Crippen LogP contribution in [0.5, 0.6) is 5.75 Å². The Kier molecular flexibility index (Phi) is 3.93. The van der Waals surface area contributed by atoms with Gasteiger partial charge in [0.25, 0.3) is 0 Å². The van der Waals surface area contributed by atoms with E-state index in [0.717, 1.165) is 25.0 Å². The number of nitrogens with zero attached hydrogens (tertiary/aromatic N) is 3. The minimum Gasteiger partial charge on any atom is -0.441 e. The lowest BCUT2D eigenvalue weighted by atomic mass is 10.1. The van der Waals surface area contributed by atoms with Gasteiger partial charge >= 0.3 is 12.7 Å². The van der Waals surface area contributed by atoms with Crippen LogP contribution in [0, 0.1) is 5.82 Å². The Morgan fingerprint density at radius 1 is 1.31 bits per heavy atom. The first-order chi connectivity index (χ1) is 12.4. The number of ether oxygens (including phenoxy) is 2. The molecule has 1 aliphatic carbocycles. The van der Waals surface area contributed by atoms with Crippen molar-refractivity contribution in [1.29, 1.82) is 0 Å². The maximum Gasteiger partial charge on any atom is 0.410 e. The van der Waals surface area contributed by atoms with Gasteiger partial charge in [0, 0.05) is 5.56 Å². The Morgan fingerprint density at radius 2 is 2.12 bits per heavy atom. The first-order valence-corrected chi connectivity index (χ1v) is 7.98. The summed E-state index contributed by atoms with van der Waals surface area (Å²) in [5.74, 6) is -1.46. The van der Waals surface area contributed by atoms with Crippen molar-refractivity contribution in [1.82, 2.24) is 14.9 Å². The van der Waals surface area contributed by atoms with Crippen molar-refractivity contribution in [2.24, 2.45) is 0 Å². The number of alkyl halides is 2. The summed E-state index contributed by atoms with van der Waals surface area (Å²) in [4.78, 5) is 21.9. The molecule has 6 nitrogen and oxygen atoms in total. The van der Waals surface area contributed by atoms with Crippen LogP contribution in [-0.2, 0) is 11.3 Å². The SMILES string of the molecule is O=C1OC2(CC2)CN1Cc1cncc(-c2ccc(F)c(OC(F)F)c2)n1. The summed E-state index contributed by atoms with van der Waals surface area (Å²) in [6.45, 7) is -2.39. The van der Waals surface area contributed by atoms with Crippen molar-refractivity contribution in [3.05, 3.63) is 42.1 Å². The van der Waals surface area contributed by atoms with Crippen LogP contribution in [-0.4, -0.2) is 39.7 Å². The van der Waals surface area contributed by atoms with Gasteiger partial charge in [-0.3, -0.25) is 9.88 Å². The summed E-state index contributed by atoms with van der Waals surface area (Å²) in [5.41, 5.74) is 0.910. The average Bonchev–Trinajstić information content (AvgIpc) is 3.27. The summed E-state index contributed by atoms with van der Waals surface area (Å²) in [7, 11) is 0. The molecule has 136 valence electrons. The van der Waals surface area contributed by atoms with E-state index in [0.29, 0.717) is 23.5 Å². The molecule has 1 saturated heterocycles. The lowest BCUT2D eigenvalue weighted by Gasteiger charge is -2.13. The van der Waals surface area contributed by atoms with E-state index in [9.17, 15) is 18.0 Å². The molecule has 1 aromatic carbocycles. The van der Waals surface area contributed by atoms with Gasteiger partial charge in [-0.2, -0.15) is 8.78 Å². The van der Waals surface area contributed by atoms with Gasteiger partial charge in [0.15, 0.2) is 11.6 Å². The molecular formula is C17H14F3N3O3. The fraction of sp³-hybridized carbons (Fsp3) is 0.353. The predicted octanol–water partition coefficient (Wildman–Crippen LogP) is 3.37. The number of hydrogen-bond acceptors (Lipinski definition) is 5. The Bertz CT molecular complexity index is 858. The normalized spacial score (nSPS) is 17.7. The first kappa shape index (κ1) is 16.6. The molecule has 2 aromatic rings. The Morgan fingerprint density at radius 3 is 2.81 bits per heavy atom. The first-order valence-electron chi connectivity index (χ1n) is 7.98. The second-order valence-corrected chi connectivity index (χ2v) is 6.33. The van der Waals surface area contributed by atoms with Gasteiger partial charge in [-0.15, -0.1) is 0 Å². The van der Waals surface area contributed by atoms with E-state index < -0.39 is 18.2 Å². The number of rotatable bonds is 5. The molecule has 1 spiro atoms. The zero-order chi connectivity index (χ0) is 18.3. The van der Waals surface area contributed by atoms with Crippen LogP contribution in [0.2, 0.25) is 0 Å². The minimum atomic E-state index is -3.13. The summed E-state index contributed by atoms with van der Waals surface area (Å²) >= 11 is 0. The van der Waals surface area contributed by atoms with E-state index in [4.69, 9.17) is 4.74 Å². The Balaban J connectivity index is 1.55. The minimum absolute atomic E-state index is 0.225. The maximum atomic E-state index is 13.6. The average molecular weight is 365 g/mol. The third kappa shape index (κ3) is 3.29. The van der Waals surface area contributed by atoms with E-state index >= 15 is 0 Å². The molecule has 1 aromatic heterocycles. The number of aromatic nitrogens is 2. The highest BCUT2D eigenvalue weighted by molar-refractivity contribution is 5.71. The van der Waals surface area contributed by atoms with Gasteiger partial charge < -0.3 is 9.47 Å². The van der Waals surface area contributed by atoms with Crippen molar-refractivity contribution in [3.8, 4) is 17.0 Å². The van der Waals surface area contributed by atoms with Crippen LogP contribution in [0.25, 0.3) is 11.3 Å². The highest BCUT2D eigenvalue weighted by atomic mass is 19.3. The summed E-state index contributed by atoms with van der Waals surface area (Å²) in [6.07, 6.45) is 4.28. The molecule has 1 aliphatic heterocycles. The van der Waals surface area contributed by atoms with Crippen molar-refractivity contribution in [3.63, 3.8) is 0 Å². The number of carbonyl (C=O) groups excluding carboxylic acids is 1. The molecule has 9 heteroatoms. The molecule has 2 fully saturated rings. The van der Waals surface area contributed by atoms with Crippen molar-refractivity contribution in [2.45, 2.75) is 31.6 Å².